The standard InChI is InChI=1S/C23H25N5O7S/c1-2-3-4-13-35-18-11-7-16(8-12-18)21(30)27-26-20(29)15-5-9-17(10-6-15)28-36(33,34)19-14-24-23(32)25-22(19)31/h5-12,14,28H,2-4,13H2,1H3,(H,26,29)(H,27,30)(H2,24,25,31,32). The Morgan fingerprint density at radius 3 is 2.03 bits per heavy atom. The second kappa shape index (κ2) is 11.8. The zero-order valence-electron chi connectivity index (χ0n) is 19.3. The molecule has 1 aromatic heterocycles. The van der Waals surface area contributed by atoms with Crippen molar-refractivity contribution in [3.05, 3.63) is 86.7 Å². The Kier molecular flexibility index (Phi) is 8.62. The van der Waals surface area contributed by atoms with E-state index in [9.17, 15) is 27.6 Å². The lowest BCUT2D eigenvalue weighted by atomic mass is 10.2. The third-order valence-corrected chi connectivity index (χ3v) is 6.28. The second-order valence-electron chi connectivity index (χ2n) is 7.61. The number of hydrogen-bond acceptors (Lipinski definition) is 7. The third kappa shape index (κ3) is 7.06. The van der Waals surface area contributed by atoms with Gasteiger partial charge in [-0.15, -0.1) is 0 Å². The molecule has 0 aliphatic carbocycles. The molecule has 0 unspecified atom stereocenters. The largest absolute Gasteiger partial charge is 0.494 e. The van der Waals surface area contributed by atoms with E-state index in [1.54, 1.807) is 24.3 Å². The van der Waals surface area contributed by atoms with Crippen LogP contribution in [0.15, 0.2) is 69.2 Å². The van der Waals surface area contributed by atoms with E-state index in [1.165, 1.54) is 24.3 Å². The van der Waals surface area contributed by atoms with Gasteiger partial charge >= 0.3 is 5.69 Å². The van der Waals surface area contributed by atoms with E-state index in [2.05, 4.69) is 27.5 Å². The number of rotatable bonds is 10. The number of unbranched alkanes of at least 4 members (excludes halogenated alkanes) is 2. The number of anilines is 1. The summed E-state index contributed by atoms with van der Waals surface area (Å²) in [6, 6.07) is 11.7. The highest BCUT2D eigenvalue weighted by Gasteiger charge is 2.19. The van der Waals surface area contributed by atoms with Gasteiger partial charge in [0.05, 0.1) is 6.61 Å². The first-order chi connectivity index (χ1) is 17.2. The van der Waals surface area contributed by atoms with Crippen LogP contribution >= 0.6 is 0 Å². The molecule has 0 spiro atoms. The minimum atomic E-state index is -4.29. The van der Waals surface area contributed by atoms with Crippen molar-refractivity contribution in [1.82, 2.24) is 20.8 Å². The fraction of sp³-hybridized carbons (Fsp3) is 0.217. The lowest BCUT2D eigenvalue weighted by Gasteiger charge is -2.10. The van der Waals surface area contributed by atoms with Crippen molar-refractivity contribution in [2.75, 3.05) is 11.3 Å². The molecule has 12 nitrogen and oxygen atoms in total. The summed E-state index contributed by atoms with van der Waals surface area (Å²) in [6.07, 6.45) is 3.91. The fourth-order valence-electron chi connectivity index (χ4n) is 3.00. The number of carbonyl (C=O) groups excluding carboxylic acids is 2. The highest BCUT2D eigenvalue weighted by Crippen LogP contribution is 2.15. The third-order valence-electron chi connectivity index (χ3n) is 4.90. The van der Waals surface area contributed by atoms with Crippen molar-refractivity contribution in [2.24, 2.45) is 0 Å². The number of aromatic nitrogens is 2. The van der Waals surface area contributed by atoms with Gasteiger partial charge in [-0.25, -0.2) is 13.2 Å². The molecular formula is C23H25N5O7S. The van der Waals surface area contributed by atoms with Crippen molar-refractivity contribution in [3.8, 4) is 5.75 Å². The minimum Gasteiger partial charge on any atom is -0.494 e. The van der Waals surface area contributed by atoms with E-state index >= 15 is 0 Å². The van der Waals surface area contributed by atoms with Crippen LogP contribution in [0.25, 0.3) is 0 Å². The maximum absolute atomic E-state index is 12.4. The number of H-pyrrole nitrogens is 2. The molecular weight excluding hydrogens is 490 g/mol. The number of hydrazine groups is 1. The lowest BCUT2D eigenvalue weighted by Crippen LogP contribution is -2.41. The monoisotopic (exact) mass is 515 g/mol. The molecule has 0 fully saturated rings. The van der Waals surface area contributed by atoms with Gasteiger partial charge < -0.3 is 9.72 Å². The van der Waals surface area contributed by atoms with E-state index in [0.29, 0.717) is 17.9 Å². The van der Waals surface area contributed by atoms with E-state index in [1.807, 2.05) is 4.98 Å². The molecule has 3 aromatic rings. The highest BCUT2D eigenvalue weighted by molar-refractivity contribution is 7.92. The molecule has 2 amide bonds. The molecule has 1 heterocycles. The van der Waals surface area contributed by atoms with Gasteiger partial charge in [-0.3, -0.25) is 34.9 Å². The predicted molar refractivity (Wildman–Crippen MR) is 131 cm³/mol. The van der Waals surface area contributed by atoms with E-state index in [0.717, 1.165) is 25.5 Å². The summed E-state index contributed by atoms with van der Waals surface area (Å²) in [5.74, 6) is -0.519. The van der Waals surface area contributed by atoms with Crippen molar-refractivity contribution < 1.29 is 22.7 Å². The van der Waals surface area contributed by atoms with Crippen LogP contribution in [0.4, 0.5) is 5.69 Å². The van der Waals surface area contributed by atoms with Crippen LogP contribution in [0.5, 0.6) is 5.75 Å². The number of hydrogen-bond donors (Lipinski definition) is 5. The van der Waals surface area contributed by atoms with Crippen LogP contribution in [0.2, 0.25) is 0 Å². The number of ether oxygens (including phenoxy) is 1. The lowest BCUT2D eigenvalue weighted by molar-refractivity contribution is 0.0846. The van der Waals surface area contributed by atoms with Crippen LogP contribution in [0, 0.1) is 0 Å². The van der Waals surface area contributed by atoms with Gasteiger partial charge in [0.25, 0.3) is 27.4 Å². The van der Waals surface area contributed by atoms with Crippen molar-refractivity contribution >= 4 is 27.5 Å². The number of benzene rings is 2. The Hall–Kier alpha value is -4.39. The van der Waals surface area contributed by atoms with Gasteiger partial charge in [-0.05, 0) is 55.0 Å². The van der Waals surface area contributed by atoms with Crippen LogP contribution < -0.4 is 31.6 Å². The van der Waals surface area contributed by atoms with Gasteiger partial charge in [-0.2, -0.15) is 0 Å². The average Bonchev–Trinajstić information content (AvgIpc) is 2.85. The van der Waals surface area contributed by atoms with E-state index < -0.39 is 38.0 Å². The Morgan fingerprint density at radius 1 is 0.889 bits per heavy atom. The van der Waals surface area contributed by atoms with Crippen LogP contribution in [0.1, 0.15) is 46.9 Å². The van der Waals surface area contributed by atoms with Gasteiger partial charge in [0, 0.05) is 23.0 Å². The number of aromatic amines is 2. The van der Waals surface area contributed by atoms with Crippen molar-refractivity contribution in [2.45, 2.75) is 31.1 Å². The molecule has 3 rings (SSSR count). The number of sulfonamides is 1. The average molecular weight is 516 g/mol. The Labute approximate surface area is 206 Å². The number of carbonyl (C=O) groups is 2. The summed E-state index contributed by atoms with van der Waals surface area (Å²) in [4.78, 5) is 50.7. The molecule has 0 saturated carbocycles. The van der Waals surface area contributed by atoms with E-state index in [4.69, 9.17) is 4.74 Å². The first kappa shape index (κ1) is 26.2. The second-order valence-corrected chi connectivity index (χ2v) is 9.26. The SMILES string of the molecule is CCCCCOc1ccc(C(=O)NNC(=O)c2ccc(NS(=O)(=O)c3c[nH]c(=O)[nH]c3=O)cc2)cc1. The Morgan fingerprint density at radius 2 is 1.47 bits per heavy atom. The normalized spacial score (nSPS) is 10.9. The van der Waals surface area contributed by atoms with Crippen LogP contribution in [0.3, 0.4) is 0 Å². The van der Waals surface area contributed by atoms with Gasteiger partial charge in [0.15, 0.2) is 4.90 Å². The van der Waals surface area contributed by atoms with Gasteiger partial charge in [-0.1, -0.05) is 19.8 Å². The summed E-state index contributed by atoms with van der Waals surface area (Å²) >= 11 is 0. The zero-order chi connectivity index (χ0) is 26.1. The van der Waals surface area contributed by atoms with Crippen molar-refractivity contribution in [1.29, 1.82) is 0 Å². The smallest absolute Gasteiger partial charge is 0.325 e. The summed E-state index contributed by atoms with van der Waals surface area (Å²) in [5, 5.41) is 0. The molecule has 5 N–H and O–H groups in total. The quantitative estimate of drug-likeness (QED) is 0.200. The summed E-state index contributed by atoms with van der Waals surface area (Å²) < 4.78 is 32.5. The molecule has 190 valence electrons. The van der Waals surface area contributed by atoms with E-state index in [-0.39, 0.29) is 11.3 Å². The minimum absolute atomic E-state index is 0.0678. The number of amides is 2. The topological polar surface area (TPSA) is 179 Å². The molecule has 0 aliphatic rings. The van der Waals surface area contributed by atoms with Crippen LogP contribution in [-0.4, -0.2) is 36.8 Å². The molecule has 13 heteroatoms. The fourth-order valence-corrected chi connectivity index (χ4v) is 4.06. The van der Waals surface area contributed by atoms with Gasteiger partial charge in [0.1, 0.15) is 5.75 Å². The van der Waals surface area contributed by atoms with Crippen molar-refractivity contribution in [3.63, 3.8) is 0 Å². The molecule has 0 bridgehead atoms. The number of nitrogens with one attached hydrogen (secondary N) is 5. The molecule has 0 aliphatic heterocycles. The van der Waals surface area contributed by atoms with Gasteiger partial charge in [0.2, 0.25) is 0 Å². The maximum Gasteiger partial charge on any atom is 0.325 e. The molecule has 0 radical (unpaired) electrons. The summed E-state index contributed by atoms with van der Waals surface area (Å²) in [5.41, 5.74) is 3.18. The molecule has 2 aromatic carbocycles. The summed E-state index contributed by atoms with van der Waals surface area (Å²) in [6.45, 7) is 2.70. The molecule has 0 atom stereocenters. The Bertz CT molecular complexity index is 1430. The van der Waals surface area contributed by atoms with Crippen LogP contribution in [-0.2, 0) is 10.0 Å². The molecule has 0 saturated heterocycles. The first-order valence-electron chi connectivity index (χ1n) is 11.0. The zero-order valence-corrected chi connectivity index (χ0v) is 20.1. The maximum atomic E-state index is 12.4. The molecule has 36 heavy (non-hydrogen) atoms. The first-order valence-corrected chi connectivity index (χ1v) is 12.5. The Balaban J connectivity index is 1.54. The highest BCUT2D eigenvalue weighted by atomic mass is 32.2. The summed E-state index contributed by atoms with van der Waals surface area (Å²) in [7, 11) is -4.29. The predicted octanol–water partition coefficient (Wildman–Crippen LogP) is 1.51.